The fourth-order valence-corrected chi connectivity index (χ4v) is 4.12. The first-order chi connectivity index (χ1) is 12.9. The third-order valence-electron chi connectivity index (χ3n) is 5.56. The Kier molecular flexibility index (Phi) is 5.77. The summed E-state index contributed by atoms with van der Waals surface area (Å²) in [5, 5.41) is 3.06. The van der Waals surface area contributed by atoms with Crippen LogP contribution in [0, 0.1) is 0 Å². The van der Waals surface area contributed by atoms with E-state index in [1.807, 2.05) is 11.0 Å². The molecule has 148 valence electrons. The number of piperidine rings is 1. The summed E-state index contributed by atoms with van der Waals surface area (Å²) in [5.74, 6) is 1.18. The summed E-state index contributed by atoms with van der Waals surface area (Å²) >= 11 is 0. The second-order valence-corrected chi connectivity index (χ2v) is 7.43. The van der Waals surface area contributed by atoms with E-state index < -0.39 is 0 Å². The molecule has 0 bridgehead atoms. The van der Waals surface area contributed by atoms with Gasteiger partial charge < -0.3 is 24.6 Å². The molecule has 0 spiro atoms. The minimum Gasteiger partial charge on any atom is -0.493 e. The van der Waals surface area contributed by atoms with E-state index in [4.69, 9.17) is 9.47 Å². The predicted octanol–water partition coefficient (Wildman–Crippen LogP) is 2.78. The standard InChI is InChI=1S/C20H29N3O4/c1-13-6-5-7-14(2)23(13)20(25)21-15-10-19(24)22(12-15)16-8-9-17(26-3)18(11-16)27-4/h8-9,11,13-15H,5-7,10,12H2,1-4H3,(H,21,25). The minimum atomic E-state index is -0.195. The summed E-state index contributed by atoms with van der Waals surface area (Å²) in [6, 6.07) is 5.60. The van der Waals surface area contributed by atoms with Crippen molar-refractivity contribution in [3.05, 3.63) is 18.2 Å². The molecule has 1 N–H and O–H groups in total. The van der Waals surface area contributed by atoms with Crippen molar-refractivity contribution in [1.29, 1.82) is 0 Å². The van der Waals surface area contributed by atoms with Gasteiger partial charge in [0.1, 0.15) is 0 Å². The van der Waals surface area contributed by atoms with Crippen LogP contribution >= 0.6 is 0 Å². The van der Waals surface area contributed by atoms with Crippen LogP contribution < -0.4 is 19.7 Å². The van der Waals surface area contributed by atoms with E-state index in [9.17, 15) is 9.59 Å². The van der Waals surface area contributed by atoms with Gasteiger partial charge in [-0.2, -0.15) is 0 Å². The number of anilines is 1. The summed E-state index contributed by atoms with van der Waals surface area (Å²) in [5.41, 5.74) is 0.745. The molecule has 27 heavy (non-hydrogen) atoms. The molecule has 0 aliphatic carbocycles. The molecule has 2 aliphatic rings. The molecule has 3 unspecified atom stereocenters. The van der Waals surface area contributed by atoms with E-state index in [-0.39, 0.29) is 30.1 Å². The molecule has 3 amide bonds. The van der Waals surface area contributed by atoms with Gasteiger partial charge in [0.2, 0.25) is 5.91 Å². The van der Waals surface area contributed by atoms with Crippen molar-refractivity contribution >= 4 is 17.6 Å². The van der Waals surface area contributed by atoms with Crippen molar-refractivity contribution in [3.63, 3.8) is 0 Å². The number of ether oxygens (including phenoxy) is 2. The highest BCUT2D eigenvalue weighted by atomic mass is 16.5. The van der Waals surface area contributed by atoms with Crippen LogP contribution in [0.25, 0.3) is 0 Å². The Hall–Kier alpha value is -2.44. The molecule has 1 aromatic rings. The zero-order chi connectivity index (χ0) is 19.6. The quantitative estimate of drug-likeness (QED) is 0.878. The van der Waals surface area contributed by atoms with Crippen LogP contribution in [0.5, 0.6) is 11.5 Å². The van der Waals surface area contributed by atoms with E-state index in [0.29, 0.717) is 24.5 Å². The first-order valence-corrected chi connectivity index (χ1v) is 9.55. The fraction of sp³-hybridized carbons (Fsp3) is 0.600. The van der Waals surface area contributed by atoms with E-state index in [1.165, 1.54) is 0 Å². The number of likely N-dealkylation sites (tertiary alicyclic amines) is 1. The van der Waals surface area contributed by atoms with E-state index >= 15 is 0 Å². The maximum Gasteiger partial charge on any atom is 0.318 e. The van der Waals surface area contributed by atoms with Crippen LogP contribution in [0.1, 0.15) is 39.5 Å². The van der Waals surface area contributed by atoms with Gasteiger partial charge in [0.25, 0.3) is 0 Å². The van der Waals surface area contributed by atoms with Gasteiger partial charge in [-0.1, -0.05) is 0 Å². The normalized spacial score (nSPS) is 25.5. The Morgan fingerprint density at radius 1 is 1.11 bits per heavy atom. The van der Waals surface area contributed by atoms with Gasteiger partial charge >= 0.3 is 6.03 Å². The van der Waals surface area contributed by atoms with Gasteiger partial charge in [-0.15, -0.1) is 0 Å². The van der Waals surface area contributed by atoms with E-state index in [1.54, 1.807) is 31.3 Å². The van der Waals surface area contributed by atoms with Crippen molar-refractivity contribution in [2.75, 3.05) is 25.7 Å². The molecule has 7 heteroatoms. The molecule has 0 aromatic heterocycles. The van der Waals surface area contributed by atoms with Crippen molar-refractivity contribution in [1.82, 2.24) is 10.2 Å². The molecule has 3 atom stereocenters. The van der Waals surface area contributed by atoms with Crippen molar-refractivity contribution < 1.29 is 19.1 Å². The summed E-state index contributed by atoms with van der Waals surface area (Å²) in [7, 11) is 3.14. The molecule has 3 rings (SSSR count). The molecule has 2 saturated heterocycles. The second-order valence-electron chi connectivity index (χ2n) is 7.43. The third-order valence-corrected chi connectivity index (χ3v) is 5.56. The van der Waals surface area contributed by atoms with Crippen LogP contribution in [-0.2, 0) is 4.79 Å². The number of hydrogen-bond acceptors (Lipinski definition) is 4. The number of nitrogens with zero attached hydrogens (tertiary/aromatic N) is 2. The lowest BCUT2D eigenvalue weighted by atomic mass is 9.98. The van der Waals surface area contributed by atoms with Gasteiger partial charge in [-0.05, 0) is 45.2 Å². The van der Waals surface area contributed by atoms with Gasteiger partial charge in [0.15, 0.2) is 11.5 Å². The first-order valence-electron chi connectivity index (χ1n) is 9.55. The van der Waals surface area contributed by atoms with Crippen molar-refractivity contribution in [2.45, 2.75) is 57.7 Å². The van der Waals surface area contributed by atoms with E-state index in [2.05, 4.69) is 19.2 Å². The minimum absolute atomic E-state index is 0.00717. The number of urea groups is 1. The zero-order valence-corrected chi connectivity index (χ0v) is 16.5. The molecule has 1 aromatic carbocycles. The summed E-state index contributed by atoms with van der Waals surface area (Å²) in [6.07, 6.45) is 3.51. The second kappa shape index (κ2) is 8.06. The smallest absolute Gasteiger partial charge is 0.318 e. The Labute approximate surface area is 160 Å². The lowest BCUT2D eigenvalue weighted by molar-refractivity contribution is -0.117. The average molecular weight is 375 g/mol. The van der Waals surface area contributed by atoms with Crippen LogP contribution in [0.4, 0.5) is 10.5 Å². The molecule has 2 aliphatic heterocycles. The van der Waals surface area contributed by atoms with Crippen LogP contribution in [-0.4, -0.2) is 55.7 Å². The number of amides is 3. The summed E-state index contributed by atoms with van der Waals surface area (Å²) < 4.78 is 10.6. The Balaban J connectivity index is 1.68. The third kappa shape index (κ3) is 3.96. The number of carbonyl (C=O) groups excluding carboxylic acids is 2. The lowest BCUT2D eigenvalue weighted by Crippen LogP contribution is -2.54. The average Bonchev–Trinajstić information content (AvgIpc) is 3.01. The van der Waals surface area contributed by atoms with E-state index in [0.717, 1.165) is 24.9 Å². The molecule has 7 nitrogen and oxygen atoms in total. The van der Waals surface area contributed by atoms with Crippen LogP contribution in [0.15, 0.2) is 18.2 Å². The largest absolute Gasteiger partial charge is 0.493 e. The molecule has 0 saturated carbocycles. The molecular formula is C20H29N3O4. The highest BCUT2D eigenvalue weighted by Gasteiger charge is 2.35. The number of nitrogens with one attached hydrogen (secondary N) is 1. The topological polar surface area (TPSA) is 71.1 Å². The van der Waals surface area contributed by atoms with Gasteiger partial charge in [-0.25, -0.2) is 4.79 Å². The van der Waals surface area contributed by atoms with Crippen molar-refractivity contribution in [3.8, 4) is 11.5 Å². The Bertz CT molecular complexity index is 698. The van der Waals surface area contributed by atoms with Gasteiger partial charge in [0.05, 0.1) is 20.3 Å². The van der Waals surface area contributed by atoms with Crippen LogP contribution in [0.3, 0.4) is 0 Å². The highest BCUT2D eigenvalue weighted by molar-refractivity contribution is 5.97. The highest BCUT2D eigenvalue weighted by Crippen LogP contribution is 2.33. The maximum absolute atomic E-state index is 12.8. The molecule has 2 heterocycles. The summed E-state index contributed by atoms with van der Waals surface area (Å²) in [4.78, 5) is 28.9. The number of methoxy groups -OCH3 is 2. The number of benzene rings is 1. The zero-order valence-electron chi connectivity index (χ0n) is 16.5. The fourth-order valence-electron chi connectivity index (χ4n) is 4.12. The molecular weight excluding hydrogens is 346 g/mol. The van der Waals surface area contributed by atoms with Gasteiger partial charge in [-0.3, -0.25) is 4.79 Å². The Morgan fingerprint density at radius 2 is 1.78 bits per heavy atom. The van der Waals surface area contributed by atoms with Gasteiger partial charge in [0, 0.05) is 36.8 Å². The summed E-state index contributed by atoms with van der Waals surface area (Å²) in [6.45, 7) is 4.63. The lowest BCUT2D eigenvalue weighted by Gasteiger charge is -2.39. The Morgan fingerprint density at radius 3 is 2.41 bits per heavy atom. The monoisotopic (exact) mass is 375 g/mol. The SMILES string of the molecule is COc1ccc(N2CC(NC(=O)N3C(C)CCCC3C)CC2=O)cc1OC. The predicted molar refractivity (Wildman–Crippen MR) is 103 cm³/mol. The number of hydrogen-bond donors (Lipinski definition) is 1. The number of rotatable bonds is 4. The molecule has 0 radical (unpaired) electrons. The maximum atomic E-state index is 12.8. The first kappa shape index (κ1) is 19.3. The molecule has 2 fully saturated rings. The van der Waals surface area contributed by atoms with Crippen LogP contribution in [0.2, 0.25) is 0 Å². The van der Waals surface area contributed by atoms with Crippen molar-refractivity contribution in [2.24, 2.45) is 0 Å². The number of carbonyl (C=O) groups is 2.